The monoisotopic (exact) mass is 344 g/mol. The molecule has 1 saturated heterocycles. The van der Waals surface area contributed by atoms with Gasteiger partial charge in [-0.15, -0.1) is 5.10 Å². The molecule has 0 saturated carbocycles. The van der Waals surface area contributed by atoms with Crippen molar-refractivity contribution in [1.82, 2.24) is 15.0 Å². The van der Waals surface area contributed by atoms with Crippen LogP contribution in [0.15, 0.2) is 30.5 Å². The number of hydrogen-bond acceptors (Lipinski definition) is 6. The zero-order chi connectivity index (χ0) is 17.8. The molecule has 1 aromatic carbocycles. The maximum atomic E-state index is 13.4. The summed E-state index contributed by atoms with van der Waals surface area (Å²) >= 11 is 0. The van der Waals surface area contributed by atoms with Crippen molar-refractivity contribution in [3.63, 3.8) is 0 Å². The quantitative estimate of drug-likeness (QED) is 0.790. The Morgan fingerprint density at radius 3 is 3.08 bits per heavy atom. The van der Waals surface area contributed by atoms with Crippen molar-refractivity contribution in [2.75, 3.05) is 6.61 Å². The fourth-order valence-corrected chi connectivity index (χ4v) is 2.84. The maximum Gasteiger partial charge on any atom is 0.302 e. The van der Waals surface area contributed by atoms with E-state index in [0.717, 1.165) is 0 Å². The molecule has 2 aromatic rings. The van der Waals surface area contributed by atoms with E-state index in [0.29, 0.717) is 24.1 Å². The van der Waals surface area contributed by atoms with Crippen LogP contribution in [0.4, 0.5) is 4.39 Å². The number of aromatic nitrogens is 3. The Labute approximate surface area is 144 Å². The van der Waals surface area contributed by atoms with Crippen LogP contribution in [-0.4, -0.2) is 39.8 Å². The van der Waals surface area contributed by atoms with Gasteiger partial charge >= 0.3 is 5.97 Å². The van der Waals surface area contributed by atoms with Gasteiger partial charge in [-0.3, -0.25) is 4.79 Å². The zero-order valence-corrected chi connectivity index (χ0v) is 13.6. The number of rotatable bonds is 4. The first-order chi connectivity index (χ1) is 12.0. The molecule has 1 aliphatic heterocycles. The summed E-state index contributed by atoms with van der Waals surface area (Å²) in [4.78, 5) is 11.0. The minimum absolute atomic E-state index is 0.0927. The molecule has 2 heterocycles. The molecular weight excluding hydrogens is 327 g/mol. The first-order valence-electron chi connectivity index (χ1n) is 7.91. The molecular formula is C17H17FN4O3. The lowest BCUT2D eigenvalue weighted by Gasteiger charge is -2.31. The van der Waals surface area contributed by atoms with Crippen molar-refractivity contribution in [3.05, 3.63) is 36.3 Å². The lowest BCUT2D eigenvalue weighted by molar-refractivity contribution is -0.149. The average molecular weight is 344 g/mol. The molecule has 0 N–H and O–H groups in total. The van der Waals surface area contributed by atoms with Gasteiger partial charge < -0.3 is 9.47 Å². The van der Waals surface area contributed by atoms with Crippen LogP contribution in [0.25, 0.3) is 11.3 Å². The Balaban J connectivity index is 1.76. The van der Waals surface area contributed by atoms with Gasteiger partial charge in [0.25, 0.3) is 0 Å². The summed E-state index contributed by atoms with van der Waals surface area (Å²) in [5, 5.41) is 17.4. The van der Waals surface area contributed by atoms with Gasteiger partial charge in [0.2, 0.25) is 0 Å². The largest absolute Gasteiger partial charge is 0.463 e. The van der Waals surface area contributed by atoms with Gasteiger partial charge in [0.15, 0.2) is 0 Å². The van der Waals surface area contributed by atoms with Crippen LogP contribution in [0, 0.1) is 17.1 Å². The minimum Gasteiger partial charge on any atom is -0.463 e. The second-order valence-electron chi connectivity index (χ2n) is 5.90. The predicted molar refractivity (Wildman–Crippen MR) is 84.6 cm³/mol. The van der Waals surface area contributed by atoms with Gasteiger partial charge in [0, 0.05) is 18.9 Å². The number of carbonyl (C=O) groups excluding carboxylic acids is 1. The van der Waals surface area contributed by atoms with Crippen molar-refractivity contribution >= 4 is 5.97 Å². The first kappa shape index (κ1) is 17.0. The summed E-state index contributed by atoms with van der Waals surface area (Å²) in [6, 6.07) is 8.09. The molecule has 0 spiro atoms. The summed E-state index contributed by atoms with van der Waals surface area (Å²) in [6.45, 7) is 1.42. The third kappa shape index (κ3) is 4.19. The molecule has 130 valence electrons. The van der Waals surface area contributed by atoms with Crippen LogP contribution in [0.1, 0.15) is 25.8 Å². The Morgan fingerprint density at radius 1 is 1.52 bits per heavy atom. The summed E-state index contributed by atoms with van der Waals surface area (Å²) in [5.74, 6) is -0.738. The van der Waals surface area contributed by atoms with Crippen molar-refractivity contribution < 1.29 is 18.7 Å². The summed E-state index contributed by atoms with van der Waals surface area (Å²) < 4.78 is 25.6. The fourth-order valence-electron chi connectivity index (χ4n) is 2.84. The Morgan fingerprint density at radius 2 is 2.36 bits per heavy atom. The second-order valence-corrected chi connectivity index (χ2v) is 5.90. The molecule has 25 heavy (non-hydrogen) atoms. The van der Waals surface area contributed by atoms with E-state index in [1.807, 2.05) is 0 Å². The van der Waals surface area contributed by atoms with E-state index in [2.05, 4.69) is 16.4 Å². The normalized spacial score (nSPS) is 23.0. The van der Waals surface area contributed by atoms with E-state index >= 15 is 0 Å². The van der Waals surface area contributed by atoms with Crippen LogP contribution in [-0.2, 0) is 14.3 Å². The number of nitriles is 1. The molecule has 0 radical (unpaired) electrons. The van der Waals surface area contributed by atoms with Gasteiger partial charge in [-0.1, -0.05) is 17.3 Å². The summed E-state index contributed by atoms with van der Waals surface area (Å²) in [6.07, 6.45) is 1.73. The number of esters is 1. The highest BCUT2D eigenvalue weighted by Gasteiger charge is 2.32. The van der Waals surface area contributed by atoms with E-state index in [1.165, 1.54) is 19.1 Å². The highest BCUT2D eigenvalue weighted by molar-refractivity contribution is 5.65. The SMILES string of the molecule is CC(=O)OC[C@H]1C[C@H](n2cc(-c3cccc(F)c3)nn2)C[C@@H](C#N)O1. The number of benzene rings is 1. The molecule has 7 nitrogen and oxygen atoms in total. The number of ether oxygens (including phenoxy) is 2. The molecule has 1 aliphatic rings. The predicted octanol–water partition coefficient (Wildman–Crippen LogP) is 2.26. The van der Waals surface area contributed by atoms with Crippen molar-refractivity contribution in [1.29, 1.82) is 5.26 Å². The average Bonchev–Trinajstić information content (AvgIpc) is 3.10. The summed E-state index contributed by atoms with van der Waals surface area (Å²) in [7, 11) is 0. The van der Waals surface area contributed by atoms with Crippen LogP contribution in [0.3, 0.4) is 0 Å². The molecule has 0 unspecified atom stereocenters. The van der Waals surface area contributed by atoms with Crippen LogP contribution >= 0.6 is 0 Å². The Bertz CT molecular complexity index is 801. The van der Waals surface area contributed by atoms with E-state index in [9.17, 15) is 14.4 Å². The molecule has 3 rings (SSSR count). The topological polar surface area (TPSA) is 90.0 Å². The van der Waals surface area contributed by atoms with Gasteiger partial charge in [-0.25, -0.2) is 9.07 Å². The number of carbonyl (C=O) groups is 1. The van der Waals surface area contributed by atoms with Gasteiger partial charge in [0.05, 0.1) is 24.4 Å². The fraction of sp³-hybridized carbons (Fsp3) is 0.412. The Hall–Kier alpha value is -2.79. The van der Waals surface area contributed by atoms with Crippen molar-refractivity contribution in [3.8, 4) is 17.3 Å². The number of hydrogen-bond donors (Lipinski definition) is 0. The molecule has 8 heteroatoms. The smallest absolute Gasteiger partial charge is 0.302 e. The van der Waals surface area contributed by atoms with E-state index < -0.39 is 12.1 Å². The minimum atomic E-state index is -0.610. The molecule has 3 atom stereocenters. The zero-order valence-electron chi connectivity index (χ0n) is 13.6. The number of nitrogens with zero attached hydrogens (tertiary/aromatic N) is 4. The second kappa shape index (κ2) is 7.40. The highest BCUT2D eigenvalue weighted by atomic mass is 19.1. The lowest BCUT2D eigenvalue weighted by Crippen LogP contribution is -2.36. The molecule has 0 aliphatic carbocycles. The van der Waals surface area contributed by atoms with Crippen LogP contribution in [0.5, 0.6) is 0 Å². The van der Waals surface area contributed by atoms with Gasteiger partial charge in [-0.2, -0.15) is 5.26 Å². The molecule has 1 fully saturated rings. The molecule has 1 aromatic heterocycles. The van der Waals surface area contributed by atoms with Gasteiger partial charge in [-0.05, 0) is 18.6 Å². The first-order valence-corrected chi connectivity index (χ1v) is 7.91. The van der Waals surface area contributed by atoms with E-state index in [4.69, 9.17) is 9.47 Å². The van der Waals surface area contributed by atoms with Crippen molar-refractivity contribution in [2.24, 2.45) is 0 Å². The highest BCUT2D eigenvalue weighted by Crippen LogP contribution is 2.29. The Kier molecular flexibility index (Phi) is 5.05. The van der Waals surface area contributed by atoms with Gasteiger partial charge in [0.1, 0.15) is 24.2 Å². The molecule has 0 bridgehead atoms. The number of halogens is 1. The standard InChI is InChI=1S/C17H17FN4O3/c1-11(23)24-10-16-7-14(6-15(8-19)25-16)22-9-17(20-21-22)12-3-2-4-13(18)5-12/h2-5,9,14-16H,6-7,10H2,1H3/t14-,15+,16-/m1/s1. The summed E-state index contributed by atoms with van der Waals surface area (Å²) in [5.41, 5.74) is 1.18. The molecule has 0 amide bonds. The van der Waals surface area contributed by atoms with E-state index in [-0.39, 0.29) is 24.6 Å². The van der Waals surface area contributed by atoms with Crippen molar-refractivity contribution in [2.45, 2.75) is 38.0 Å². The lowest BCUT2D eigenvalue weighted by atomic mass is 9.99. The van der Waals surface area contributed by atoms with Crippen LogP contribution < -0.4 is 0 Å². The third-order valence-electron chi connectivity index (χ3n) is 4.00. The van der Waals surface area contributed by atoms with Crippen LogP contribution in [0.2, 0.25) is 0 Å². The van der Waals surface area contributed by atoms with E-state index in [1.54, 1.807) is 23.0 Å². The third-order valence-corrected chi connectivity index (χ3v) is 4.00. The maximum absolute atomic E-state index is 13.4.